The van der Waals surface area contributed by atoms with Crippen molar-refractivity contribution in [2.75, 3.05) is 19.8 Å². The van der Waals surface area contributed by atoms with Crippen molar-refractivity contribution < 1.29 is 4.74 Å². The summed E-state index contributed by atoms with van der Waals surface area (Å²) in [6.45, 7) is 8.37. The van der Waals surface area contributed by atoms with Gasteiger partial charge in [0.15, 0.2) is 0 Å². The van der Waals surface area contributed by atoms with Crippen LogP contribution in [-0.2, 0) is 11.3 Å². The fourth-order valence-electron chi connectivity index (χ4n) is 2.19. The highest BCUT2D eigenvalue weighted by molar-refractivity contribution is 5.24. The highest BCUT2D eigenvalue weighted by Crippen LogP contribution is 2.15. The second kappa shape index (κ2) is 6.18. The van der Waals surface area contributed by atoms with E-state index in [4.69, 9.17) is 4.74 Å². The predicted molar refractivity (Wildman–Crippen MR) is 71.2 cm³/mol. The van der Waals surface area contributed by atoms with E-state index in [0.29, 0.717) is 11.8 Å². The van der Waals surface area contributed by atoms with Crippen LogP contribution in [0.2, 0.25) is 0 Å². The summed E-state index contributed by atoms with van der Waals surface area (Å²) in [4.78, 5) is 0. The summed E-state index contributed by atoms with van der Waals surface area (Å²) >= 11 is 0. The first-order chi connectivity index (χ1) is 8.25. The average molecular weight is 233 g/mol. The van der Waals surface area contributed by atoms with Crippen molar-refractivity contribution >= 4 is 0 Å². The molecule has 1 aliphatic rings. The maximum absolute atomic E-state index is 5.36. The molecule has 1 atom stereocenters. The smallest absolute Gasteiger partial charge is 0.0507 e. The van der Waals surface area contributed by atoms with Gasteiger partial charge in [-0.2, -0.15) is 0 Å². The molecular weight excluding hydrogens is 210 g/mol. The molecule has 1 N–H and O–H groups in total. The van der Waals surface area contributed by atoms with Gasteiger partial charge in [0.1, 0.15) is 0 Å². The van der Waals surface area contributed by atoms with Crippen LogP contribution in [0.4, 0.5) is 0 Å². The zero-order valence-corrected chi connectivity index (χ0v) is 10.9. The van der Waals surface area contributed by atoms with Crippen LogP contribution < -0.4 is 5.32 Å². The largest absolute Gasteiger partial charge is 0.381 e. The molecule has 0 amide bonds. The Morgan fingerprint density at radius 3 is 2.65 bits per heavy atom. The molecule has 0 aliphatic carbocycles. The second-order valence-corrected chi connectivity index (χ2v) is 5.26. The molecule has 1 aromatic carbocycles. The molecule has 1 unspecified atom stereocenters. The average Bonchev–Trinajstić information content (AvgIpc) is 2.83. The number of rotatable bonds is 5. The molecule has 0 spiro atoms. The third kappa shape index (κ3) is 3.83. The van der Waals surface area contributed by atoms with Crippen LogP contribution in [-0.4, -0.2) is 19.8 Å². The standard InChI is InChI=1S/C15H23NO/c1-12(2)15-5-3-13(4-6-15)9-16-10-14-7-8-17-11-14/h3-6,12,14,16H,7-11H2,1-2H3. The monoisotopic (exact) mass is 233 g/mol. The molecular formula is C15H23NO. The Kier molecular flexibility index (Phi) is 4.57. The van der Waals surface area contributed by atoms with E-state index in [9.17, 15) is 0 Å². The third-order valence-electron chi connectivity index (χ3n) is 3.43. The highest BCUT2D eigenvalue weighted by atomic mass is 16.5. The van der Waals surface area contributed by atoms with Gasteiger partial charge in [-0.3, -0.25) is 0 Å². The molecule has 0 bridgehead atoms. The van der Waals surface area contributed by atoms with E-state index in [2.05, 4.69) is 43.4 Å². The Morgan fingerprint density at radius 2 is 2.06 bits per heavy atom. The van der Waals surface area contributed by atoms with Crippen molar-refractivity contribution in [3.8, 4) is 0 Å². The van der Waals surface area contributed by atoms with Crippen LogP contribution in [0.15, 0.2) is 24.3 Å². The van der Waals surface area contributed by atoms with Gasteiger partial charge < -0.3 is 10.1 Å². The Morgan fingerprint density at radius 1 is 1.29 bits per heavy atom. The summed E-state index contributed by atoms with van der Waals surface area (Å²) in [5, 5.41) is 3.51. The number of ether oxygens (including phenoxy) is 1. The van der Waals surface area contributed by atoms with Gasteiger partial charge in [-0.1, -0.05) is 38.1 Å². The maximum Gasteiger partial charge on any atom is 0.0507 e. The van der Waals surface area contributed by atoms with Crippen LogP contribution in [0.5, 0.6) is 0 Å². The number of hydrogen-bond acceptors (Lipinski definition) is 2. The van der Waals surface area contributed by atoms with E-state index < -0.39 is 0 Å². The first-order valence-corrected chi connectivity index (χ1v) is 6.63. The van der Waals surface area contributed by atoms with E-state index in [-0.39, 0.29) is 0 Å². The van der Waals surface area contributed by atoms with Crippen molar-refractivity contribution in [1.29, 1.82) is 0 Å². The molecule has 2 nitrogen and oxygen atoms in total. The Bertz CT molecular complexity index is 325. The summed E-state index contributed by atoms with van der Waals surface area (Å²) in [6, 6.07) is 8.93. The molecule has 94 valence electrons. The third-order valence-corrected chi connectivity index (χ3v) is 3.43. The molecule has 17 heavy (non-hydrogen) atoms. The molecule has 1 heterocycles. The lowest BCUT2D eigenvalue weighted by molar-refractivity contribution is 0.185. The van der Waals surface area contributed by atoms with Gasteiger partial charge >= 0.3 is 0 Å². The highest BCUT2D eigenvalue weighted by Gasteiger charge is 2.14. The molecule has 1 saturated heterocycles. The van der Waals surface area contributed by atoms with Crippen LogP contribution >= 0.6 is 0 Å². The van der Waals surface area contributed by atoms with E-state index in [1.807, 2.05) is 0 Å². The Balaban J connectivity index is 1.74. The normalized spacial score (nSPS) is 20.1. The van der Waals surface area contributed by atoms with Crippen molar-refractivity contribution in [2.45, 2.75) is 32.7 Å². The minimum atomic E-state index is 0.618. The van der Waals surface area contributed by atoms with Crippen LogP contribution in [0.25, 0.3) is 0 Å². The molecule has 0 saturated carbocycles. The van der Waals surface area contributed by atoms with Gasteiger partial charge in [0, 0.05) is 19.7 Å². The topological polar surface area (TPSA) is 21.3 Å². The first kappa shape index (κ1) is 12.6. The van der Waals surface area contributed by atoms with Crippen molar-refractivity contribution in [3.05, 3.63) is 35.4 Å². The zero-order valence-electron chi connectivity index (χ0n) is 10.9. The van der Waals surface area contributed by atoms with Crippen molar-refractivity contribution in [3.63, 3.8) is 0 Å². The first-order valence-electron chi connectivity index (χ1n) is 6.63. The lowest BCUT2D eigenvalue weighted by Gasteiger charge is -2.10. The SMILES string of the molecule is CC(C)c1ccc(CNCC2CCOC2)cc1. The Labute approximate surface area is 104 Å². The van der Waals surface area contributed by atoms with E-state index in [0.717, 1.165) is 26.3 Å². The lowest BCUT2D eigenvalue weighted by Crippen LogP contribution is -2.22. The number of benzene rings is 1. The molecule has 1 aliphatic heterocycles. The van der Waals surface area contributed by atoms with Gasteiger partial charge in [0.2, 0.25) is 0 Å². The van der Waals surface area contributed by atoms with Gasteiger partial charge in [0.25, 0.3) is 0 Å². The van der Waals surface area contributed by atoms with E-state index >= 15 is 0 Å². The van der Waals surface area contributed by atoms with Gasteiger partial charge in [0.05, 0.1) is 6.61 Å². The van der Waals surface area contributed by atoms with Crippen LogP contribution in [0, 0.1) is 5.92 Å². The lowest BCUT2D eigenvalue weighted by atomic mass is 10.0. The summed E-state index contributed by atoms with van der Waals surface area (Å²) in [7, 11) is 0. The molecule has 1 aromatic rings. The molecule has 2 rings (SSSR count). The van der Waals surface area contributed by atoms with E-state index in [1.54, 1.807) is 0 Å². The zero-order chi connectivity index (χ0) is 12.1. The molecule has 1 fully saturated rings. The minimum Gasteiger partial charge on any atom is -0.381 e. The fourth-order valence-corrected chi connectivity index (χ4v) is 2.19. The summed E-state index contributed by atoms with van der Waals surface area (Å²) in [5.41, 5.74) is 2.78. The van der Waals surface area contributed by atoms with Gasteiger partial charge in [-0.05, 0) is 29.4 Å². The Hall–Kier alpha value is -0.860. The molecule has 2 heteroatoms. The quantitative estimate of drug-likeness (QED) is 0.844. The summed E-state index contributed by atoms with van der Waals surface area (Å²) < 4.78 is 5.36. The maximum atomic E-state index is 5.36. The van der Waals surface area contributed by atoms with Gasteiger partial charge in [-0.25, -0.2) is 0 Å². The summed E-state index contributed by atoms with van der Waals surface area (Å²) in [5.74, 6) is 1.33. The molecule has 0 radical (unpaired) electrons. The van der Waals surface area contributed by atoms with Crippen LogP contribution in [0.1, 0.15) is 37.3 Å². The van der Waals surface area contributed by atoms with Crippen LogP contribution in [0.3, 0.4) is 0 Å². The second-order valence-electron chi connectivity index (χ2n) is 5.26. The minimum absolute atomic E-state index is 0.618. The number of hydrogen-bond donors (Lipinski definition) is 1. The van der Waals surface area contributed by atoms with Crippen molar-refractivity contribution in [1.82, 2.24) is 5.32 Å². The predicted octanol–water partition coefficient (Wildman–Crippen LogP) is 2.94. The molecule has 0 aromatic heterocycles. The fraction of sp³-hybridized carbons (Fsp3) is 0.600. The van der Waals surface area contributed by atoms with Crippen molar-refractivity contribution in [2.24, 2.45) is 5.92 Å². The number of nitrogens with one attached hydrogen (secondary N) is 1. The van der Waals surface area contributed by atoms with Gasteiger partial charge in [-0.15, -0.1) is 0 Å². The summed E-state index contributed by atoms with van der Waals surface area (Å²) in [6.07, 6.45) is 1.21. The van der Waals surface area contributed by atoms with E-state index in [1.165, 1.54) is 17.5 Å².